The highest BCUT2D eigenvalue weighted by Crippen LogP contribution is 2.08. The van der Waals surface area contributed by atoms with Gasteiger partial charge in [-0.2, -0.15) is 5.10 Å². The molecule has 6 heteroatoms. The monoisotopic (exact) mass is 289 g/mol. The molecule has 0 saturated carbocycles. The number of hydrazone groups is 1. The number of nitrogens with zero attached hydrogens (tertiary/aromatic N) is 1. The number of nitrogens with one attached hydrogen (secondary N) is 2. The first kappa shape index (κ1) is 14.0. The first-order chi connectivity index (χ1) is 9.63. The van der Waals surface area contributed by atoms with Crippen molar-refractivity contribution in [2.75, 3.05) is 5.32 Å². The third-order valence-electron chi connectivity index (χ3n) is 2.37. The number of halogens is 1. The molecule has 0 radical (unpaired) electrons. The zero-order chi connectivity index (χ0) is 14.4. The van der Waals surface area contributed by atoms with Crippen molar-refractivity contribution < 1.29 is 9.50 Å². The van der Waals surface area contributed by atoms with Gasteiger partial charge in [-0.05, 0) is 66.3 Å². The number of hydrogen-bond donors (Lipinski definition) is 3. The third kappa shape index (κ3) is 4.33. The van der Waals surface area contributed by atoms with E-state index in [4.69, 9.17) is 17.3 Å². The predicted octanol–water partition coefficient (Wildman–Crippen LogP) is 2.85. The highest BCUT2D eigenvalue weighted by Gasteiger charge is 1.96. The van der Waals surface area contributed by atoms with Crippen LogP contribution >= 0.6 is 12.2 Å². The lowest BCUT2D eigenvalue weighted by Gasteiger charge is -2.06. The zero-order valence-electron chi connectivity index (χ0n) is 10.4. The van der Waals surface area contributed by atoms with Gasteiger partial charge in [0.1, 0.15) is 11.6 Å². The highest BCUT2D eigenvalue weighted by atomic mass is 32.1. The summed E-state index contributed by atoms with van der Waals surface area (Å²) in [6, 6.07) is 12.4. The van der Waals surface area contributed by atoms with Crippen LogP contribution in [0.4, 0.5) is 10.1 Å². The number of benzene rings is 2. The van der Waals surface area contributed by atoms with E-state index in [1.807, 2.05) is 0 Å². The first-order valence-electron chi connectivity index (χ1n) is 5.78. The van der Waals surface area contributed by atoms with Gasteiger partial charge in [0.2, 0.25) is 0 Å². The van der Waals surface area contributed by atoms with E-state index in [1.165, 1.54) is 12.1 Å². The molecular weight excluding hydrogens is 277 g/mol. The van der Waals surface area contributed by atoms with Gasteiger partial charge in [-0.3, -0.25) is 5.43 Å². The van der Waals surface area contributed by atoms with Crippen LogP contribution in [0.2, 0.25) is 0 Å². The Labute approximate surface area is 121 Å². The Morgan fingerprint density at radius 3 is 2.40 bits per heavy atom. The fraction of sp³-hybridized carbons (Fsp3) is 0. The Morgan fingerprint density at radius 1 is 1.10 bits per heavy atom. The van der Waals surface area contributed by atoms with Crippen LogP contribution in [0.15, 0.2) is 53.6 Å². The summed E-state index contributed by atoms with van der Waals surface area (Å²) < 4.78 is 12.7. The van der Waals surface area contributed by atoms with Gasteiger partial charge >= 0.3 is 0 Å². The molecular formula is C14H12FN3OS. The molecule has 2 aromatic rings. The SMILES string of the molecule is Oc1ccc(/C=N/NC(=S)Nc2ccc(F)cc2)cc1. The topological polar surface area (TPSA) is 56.7 Å². The number of rotatable bonds is 3. The standard InChI is InChI=1S/C14H12FN3OS/c15-11-3-5-12(6-4-11)17-14(20)18-16-9-10-1-7-13(19)8-2-10/h1-9,19H,(H2,17,18,20)/b16-9+. The summed E-state index contributed by atoms with van der Waals surface area (Å²) in [7, 11) is 0. The maximum Gasteiger partial charge on any atom is 0.191 e. The summed E-state index contributed by atoms with van der Waals surface area (Å²) in [5.74, 6) is -0.108. The molecule has 0 saturated heterocycles. The number of aromatic hydroxyl groups is 1. The van der Waals surface area contributed by atoms with Gasteiger partial charge in [-0.1, -0.05) is 0 Å². The van der Waals surface area contributed by atoms with Gasteiger partial charge in [0.15, 0.2) is 5.11 Å². The van der Waals surface area contributed by atoms with E-state index in [2.05, 4.69) is 15.8 Å². The Kier molecular flexibility index (Phi) is 4.62. The van der Waals surface area contributed by atoms with Crippen molar-refractivity contribution in [1.82, 2.24) is 5.43 Å². The van der Waals surface area contributed by atoms with E-state index >= 15 is 0 Å². The average molecular weight is 289 g/mol. The van der Waals surface area contributed by atoms with Crippen molar-refractivity contribution >= 4 is 29.2 Å². The minimum absolute atomic E-state index is 0.198. The van der Waals surface area contributed by atoms with E-state index in [0.29, 0.717) is 10.8 Å². The fourth-order valence-corrected chi connectivity index (χ4v) is 1.59. The first-order valence-corrected chi connectivity index (χ1v) is 6.19. The van der Waals surface area contributed by atoms with Crippen molar-refractivity contribution in [1.29, 1.82) is 0 Å². The Morgan fingerprint density at radius 2 is 1.75 bits per heavy atom. The minimum atomic E-state index is -0.306. The number of phenolic OH excluding ortho intramolecular Hbond substituents is 1. The van der Waals surface area contributed by atoms with Crippen LogP contribution in [0.3, 0.4) is 0 Å². The number of phenols is 1. The maximum absolute atomic E-state index is 12.7. The molecule has 4 nitrogen and oxygen atoms in total. The van der Waals surface area contributed by atoms with Crippen LogP contribution in [0.1, 0.15) is 5.56 Å². The molecule has 0 unspecified atom stereocenters. The quantitative estimate of drug-likeness (QED) is 0.462. The molecule has 0 aliphatic heterocycles. The second-order valence-corrected chi connectivity index (χ2v) is 4.33. The average Bonchev–Trinajstić information content (AvgIpc) is 2.44. The van der Waals surface area contributed by atoms with Gasteiger partial charge in [-0.25, -0.2) is 4.39 Å². The summed E-state index contributed by atoms with van der Waals surface area (Å²) in [5, 5.41) is 16.2. The van der Waals surface area contributed by atoms with Crippen molar-refractivity contribution in [3.63, 3.8) is 0 Å². The zero-order valence-corrected chi connectivity index (χ0v) is 11.2. The van der Waals surface area contributed by atoms with E-state index in [0.717, 1.165) is 5.56 Å². The highest BCUT2D eigenvalue weighted by molar-refractivity contribution is 7.80. The van der Waals surface area contributed by atoms with Crippen LogP contribution in [0.5, 0.6) is 5.75 Å². The van der Waals surface area contributed by atoms with Crippen molar-refractivity contribution in [3.8, 4) is 5.75 Å². The Bertz CT molecular complexity index is 611. The summed E-state index contributed by atoms with van der Waals surface area (Å²) in [5.41, 5.74) is 4.13. The second-order valence-electron chi connectivity index (χ2n) is 3.92. The summed E-state index contributed by atoms with van der Waals surface area (Å²) in [6.07, 6.45) is 1.57. The Hall–Kier alpha value is -2.47. The van der Waals surface area contributed by atoms with Crippen molar-refractivity contribution in [2.45, 2.75) is 0 Å². The molecule has 0 aliphatic carbocycles. The fourth-order valence-electron chi connectivity index (χ4n) is 1.42. The van der Waals surface area contributed by atoms with Crippen LogP contribution in [-0.2, 0) is 0 Å². The minimum Gasteiger partial charge on any atom is -0.508 e. The number of thiocarbonyl (C=S) groups is 1. The number of anilines is 1. The van der Waals surface area contributed by atoms with Gasteiger partial charge < -0.3 is 10.4 Å². The molecule has 3 N–H and O–H groups in total. The lowest BCUT2D eigenvalue weighted by Crippen LogP contribution is -2.23. The number of hydrogen-bond acceptors (Lipinski definition) is 3. The lowest BCUT2D eigenvalue weighted by molar-refractivity contribution is 0.475. The molecule has 0 aromatic heterocycles. The molecule has 2 aromatic carbocycles. The van der Waals surface area contributed by atoms with E-state index in [-0.39, 0.29) is 11.6 Å². The summed E-state index contributed by atoms with van der Waals surface area (Å²) in [4.78, 5) is 0. The molecule has 0 spiro atoms. The Balaban J connectivity index is 1.85. The molecule has 0 aliphatic rings. The van der Waals surface area contributed by atoms with Crippen LogP contribution in [0, 0.1) is 5.82 Å². The van der Waals surface area contributed by atoms with Crippen LogP contribution in [0.25, 0.3) is 0 Å². The lowest BCUT2D eigenvalue weighted by atomic mass is 10.2. The third-order valence-corrected chi connectivity index (χ3v) is 2.57. The van der Waals surface area contributed by atoms with Gasteiger partial charge in [-0.15, -0.1) is 0 Å². The van der Waals surface area contributed by atoms with Crippen LogP contribution in [-0.4, -0.2) is 16.4 Å². The largest absolute Gasteiger partial charge is 0.508 e. The molecule has 0 atom stereocenters. The normalized spacial score (nSPS) is 10.4. The van der Waals surface area contributed by atoms with Gasteiger partial charge in [0.05, 0.1) is 6.21 Å². The van der Waals surface area contributed by atoms with E-state index in [9.17, 15) is 4.39 Å². The molecule has 0 bridgehead atoms. The molecule has 0 amide bonds. The van der Waals surface area contributed by atoms with Gasteiger partial charge in [0, 0.05) is 5.69 Å². The molecule has 20 heavy (non-hydrogen) atoms. The van der Waals surface area contributed by atoms with Gasteiger partial charge in [0.25, 0.3) is 0 Å². The predicted molar refractivity (Wildman–Crippen MR) is 81.5 cm³/mol. The maximum atomic E-state index is 12.7. The van der Waals surface area contributed by atoms with Crippen molar-refractivity contribution in [2.24, 2.45) is 5.10 Å². The molecule has 102 valence electrons. The van der Waals surface area contributed by atoms with E-state index in [1.54, 1.807) is 42.6 Å². The summed E-state index contributed by atoms with van der Waals surface area (Å²) in [6.45, 7) is 0. The van der Waals surface area contributed by atoms with Crippen molar-refractivity contribution in [3.05, 3.63) is 59.9 Å². The molecule has 0 heterocycles. The molecule has 2 rings (SSSR count). The van der Waals surface area contributed by atoms with Crippen LogP contribution < -0.4 is 10.7 Å². The molecule has 0 fully saturated rings. The second kappa shape index (κ2) is 6.63. The van der Waals surface area contributed by atoms with E-state index < -0.39 is 0 Å². The smallest absolute Gasteiger partial charge is 0.191 e. The summed E-state index contributed by atoms with van der Waals surface area (Å²) >= 11 is 5.04.